The maximum Gasteiger partial charge on any atom is 0.137 e. The van der Waals surface area contributed by atoms with Gasteiger partial charge in [-0.15, -0.1) is 0 Å². The monoisotopic (exact) mass is 289 g/mol. The molecule has 2 aliphatic heterocycles. The summed E-state index contributed by atoms with van der Waals surface area (Å²) in [5.41, 5.74) is 7.12. The van der Waals surface area contributed by atoms with E-state index in [9.17, 15) is 0 Å². The van der Waals surface area contributed by atoms with Gasteiger partial charge in [0.15, 0.2) is 0 Å². The average Bonchev–Trinajstić information content (AvgIpc) is 3.10. The number of rotatable bonds is 3. The summed E-state index contributed by atoms with van der Waals surface area (Å²) >= 11 is 0. The zero-order chi connectivity index (χ0) is 15.0. The smallest absolute Gasteiger partial charge is 0.137 e. The summed E-state index contributed by atoms with van der Waals surface area (Å²) in [7, 11) is 0. The van der Waals surface area contributed by atoms with Crippen molar-refractivity contribution in [1.82, 2.24) is 14.9 Å². The second-order valence-electron chi connectivity index (χ2n) is 6.70. The van der Waals surface area contributed by atoms with Gasteiger partial charge in [0.05, 0.1) is 0 Å². The Labute approximate surface area is 127 Å². The molecule has 1 atom stereocenters. The van der Waals surface area contributed by atoms with Crippen LogP contribution < -0.4 is 10.6 Å². The number of aromatic nitrogens is 2. The van der Waals surface area contributed by atoms with Gasteiger partial charge in [-0.05, 0) is 39.3 Å². The molecule has 3 rings (SSSR count). The van der Waals surface area contributed by atoms with E-state index in [4.69, 9.17) is 10.7 Å². The van der Waals surface area contributed by atoms with Gasteiger partial charge in [0.25, 0.3) is 0 Å². The Kier molecular flexibility index (Phi) is 4.02. The van der Waals surface area contributed by atoms with Crippen molar-refractivity contribution in [3.05, 3.63) is 11.4 Å². The van der Waals surface area contributed by atoms with Crippen molar-refractivity contribution in [2.75, 3.05) is 36.8 Å². The molecule has 5 nitrogen and oxygen atoms in total. The van der Waals surface area contributed by atoms with Gasteiger partial charge in [-0.1, -0.05) is 13.8 Å². The largest absolute Gasteiger partial charge is 0.383 e. The lowest BCUT2D eigenvalue weighted by molar-refractivity contribution is 0.260. The lowest BCUT2D eigenvalue weighted by Gasteiger charge is -2.25. The Morgan fingerprint density at radius 2 is 1.86 bits per heavy atom. The fourth-order valence-corrected chi connectivity index (χ4v) is 3.44. The summed E-state index contributed by atoms with van der Waals surface area (Å²) in [6, 6.07) is 0.686. The van der Waals surface area contributed by atoms with Crippen molar-refractivity contribution >= 4 is 11.6 Å². The summed E-state index contributed by atoms with van der Waals surface area (Å²) in [6.07, 6.45) is 3.95. The predicted molar refractivity (Wildman–Crippen MR) is 86.7 cm³/mol. The van der Waals surface area contributed by atoms with Crippen LogP contribution in [0.25, 0.3) is 0 Å². The number of nitrogen functional groups attached to an aromatic ring is 1. The zero-order valence-electron chi connectivity index (χ0n) is 13.5. The Hall–Kier alpha value is -1.36. The van der Waals surface area contributed by atoms with E-state index in [2.05, 4.69) is 28.6 Å². The zero-order valence-corrected chi connectivity index (χ0v) is 13.5. The third-order valence-electron chi connectivity index (χ3n) is 4.81. The molecule has 116 valence electrons. The van der Waals surface area contributed by atoms with E-state index >= 15 is 0 Å². The summed E-state index contributed by atoms with van der Waals surface area (Å²) in [4.78, 5) is 14.3. The van der Waals surface area contributed by atoms with Crippen LogP contribution in [0.1, 0.15) is 50.4 Å². The number of anilines is 2. The average molecular weight is 289 g/mol. The quantitative estimate of drug-likeness (QED) is 0.924. The number of nitrogens with two attached hydrogens (primary N) is 1. The van der Waals surface area contributed by atoms with Crippen molar-refractivity contribution in [3.63, 3.8) is 0 Å². The van der Waals surface area contributed by atoms with E-state index in [1.54, 1.807) is 0 Å². The lowest BCUT2D eigenvalue weighted by Crippen LogP contribution is -2.35. The van der Waals surface area contributed by atoms with Gasteiger partial charge < -0.3 is 10.6 Å². The van der Waals surface area contributed by atoms with Crippen LogP contribution in [0.15, 0.2) is 0 Å². The molecule has 0 radical (unpaired) electrons. The Morgan fingerprint density at radius 1 is 1.14 bits per heavy atom. The third-order valence-corrected chi connectivity index (χ3v) is 4.81. The molecular weight excluding hydrogens is 262 g/mol. The number of hydrogen-bond acceptors (Lipinski definition) is 5. The molecule has 2 N–H and O–H groups in total. The molecule has 0 aliphatic carbocycles. The maximum absolute atomic E-state index is 6.10. The van der Waals surface area contributed by atoms with Gasteiger partial charge in [-0.25, -0.2) is 9.97 Å². The van der Waals surface area contributed by atoms with E-state index in [0.717, 1.165) is 30.3 Å². The molecule has 1 unspecified atom stereocenters. The summed E-state index contributed by atoms with van der Waals surface area (Å²) in [5, 5.41) is 0. The van der Waals surface area contributed by atoms with E-state index in [1.165, 1.54) is 32.4 Å². The van der Waals surface area contributed by atoms with Gasteiger partial charge in [-0.2, -0.15) is 0 Å². The Bertz CT molecular complexity index is 508. The topological polar surface area (TPSA) is 58.3 Å². The van der Waals surface area contributed by atoms with E-state index in [-0.39, 0.29) is 0 Å². The van der Waals surface area contributed by atoms with Crippen molar-refractivity contribution < 1.29 is 0 Å². The first-order valence-corrected chi connectivity index (χ1v) is 8.19. The summed E-state index contributed by atoms with van der Waals surface area (Å²) in [5.74, 6) is 2.85. The summed E-state index contributed by atoms with van der Waals surface area (Å²) in [6.45, 7) is 11.0. The fraction of sp³-hybridized carbons (Fsp3) is 0.750. The minimum atomic E-state index is 0.309. The van der Waals surface area contributed by atoms with Crippen molar-refractivity contribution in [1.29, 1.82) is 0 Å². The summed E-state index contributed by atoms with van der Waals surface area (Å²) < 4.78 is 0. The second-order valence-corrected chi connectivity index (χ2v) is 6.70. The van der Waals surface area contributed by atoms with Crippen LogP contribution in [-0.2, 0) is 0 Å². The van der Waals surface area contributed by atoms with Crippen LogP contribution in [0.4, 0.5) is 11.6 Å². The van der Waals surface area contributed by atoms with Gasteiger partial charge in [0.2, 0.25) is 0 Å². The van der Waals surface area contributed by atoms with Crippen LogP contribution in [0.3, 0.4) is 0 Å². The van der Waals surface area contributed by atoms with E-state index < -0.39 is 0 Å². The first-order valence-electron chi connectivity index (χ1n) is 8.19. The van der Waals surface area contributed by atoms with Crippen molar-refractivity contribution in [2.24, 2.45) is 0 Å². The molecule has 0 saturated carbocycles. The number of nitrogens with zero attached hydrogens (tertiary/aromatic N) is 4. The van der Waals surface area contributed by atoms with E-state index in [0.29, 0.717) is 17.8 Å². The molecule has 0 bridgehead atoms. The molecule has 0 aromatic carbocycles. The molecule has 5 heteroatoms. The normalized spacial score (nSPS) is 23.4. The maximum atomic E-state index is 6.10. The molecule has 3 heterocycles. The van der Waals surface area contributed by atoms with E-state index in [1.807, 2.05) is 6.92 Å². The molecule has 21 heavy (non-hydrogen) atoms. The Morgan fingerprint density at radius 3 is 2.52 bits per heavy atom. The predicted octanol–water partition coefficient (Wildman–Crippen LogP) is 2.17. The minimum absolute atomic E-state index is 0.309. The highest BCUT2D eigenvalue weighted by Gasteiger charge is 2.31. The van der Waals surface area contributed by atoms with Crippen molar-refractivity contribution in [3.8, 4) is 0 Å². The Balaban J connectivity index is 1.80. The van der Waals surface area contributed by atoms with Crippen molar-refractivity contribution in [2.45, 2.75) is 52.0 Å². The highest BCUT2D eigenvalue weighted by Crippen LogP contribution is 2.29. The van der Waals surface area contributed by atoms with Crippen LogP contribution in [0.5, 0.6) is 0 Å². The van der Waals surface area contributed by atoms with Gasteiger partial charge >= 0.3 is 0 Å². The number of hydrogen-bond donors (Lipinski definition) is 1. The molecule has 0 amide bonds. The fourth-order valence-electron chi connectivity index (χ4n) is 3.44. The molecule has 1 aromatic rings. The lowest BCUT2D eigenvalue weighted by atomic mass is 10.2. The molecule has 2 fully saturated rings. The first-order chi connectivity index (χ1) is 10.1. The minimum Gasteiger partial charge on any atom is -0.383 e. The molecule has 2 saturated heterocycles. The van der Waals surface area contributed by atoms with Gasteiger partial charge in [0, 0.05) is 30.6 Å². The van der Waals surface area contributed by atoms with Gasteiger partial charge in [0.1, 0.15) is 17.5 Å². The molecule has 1 aromatic heterocycles. The molecule has 0 spiro atoms. The second kappa shape index (κ2) is 5.79. The van der Waals surface area contributed by atoms with Crippen LogP contribution in [-0.4, -0.2) is 47.1 Å². The third kappa shape index (κ3) is 2.84. The number of likely N-dealkylation sites (tertiary alicyclic amines) is 1. The highest BCUT2D eigenvalue weighted by molar-refractivity contribution is 5.57. The SMILES string of the molecule is Cc1c(N)nc(C(C)C)nc1N1CCC(N2CCCC2)C1. The van der Waals surface area contributed by atoms with Crippen LogP contribution in [0.2, 0.25) is 0 Å². The highest BCUT2D eigenvalue weighted by atomic mass is 15.3. The standard InChI is InChI=1S/C16H27N5/c1-11(2)15-18-14(17)12(3)16(19-15)21-9-6-13(10-21)20-7-4-5-8-20/h11,13H,4-10H2,1-3H3,(H2,17,18,19). The van der Waals surface area contributed by atoms with Crippen LogP contribution >= 0.6 is 0 Å². The van der Waals surface area contributed by atoms with Crippen LogP contribution in [0, 0.1) is 6.92 Å². The molecular formula is C16H27N5. The first kappa shape index (κ1) is 14.6. The van der Waals surface area contributed by atoms with Gasteiger partial charge in [-0.3, -0.25) is 4.90 Å². The molecule has 2 aliphatic rings.